The van der Waals surface area contributed by atoms with Gasteiger partial charge in [0.1, 0.15) is 12.6 Å². The number of aryl methyl sites for hydroxylation is 2. The Morgan fingerprint density at radius 1 is 1.24 bits per heavy atom. The molecule has 2 aromatic rings. The number of carboxylic acid groups (broad SMARTS) is 1. The quantitative estimate of drug-likeness (QED) is 0.538. The summed E-state index contributed by atoms with van der Waals surface area (Å²) in [4.78, 5) is 15.6. The third-order valence-electron chi connectivity index (χ3n) is 4.05. The first-order valence-corrected chi connectivity index (χ1v) is 12.4. The molecule has 25 heavy (non-hydrogen) atoms. The Labute approximate surface area is 150 Å². The number of rotatable bonds is 9. The maximum absolute atomic E-state index is 11.0. The molecular formula is C19H28N2O3Si. The lowest BCUT2D eigenvalue weighted by molar-refractivity contribution is -0.137. The van der Waals surface area contributed by atoms with E-state index in [-0.39, 0.29) is 6.42 Å². The smallest absolute Gasteiger partial charge is 0.303 e. The molecule has 0 unspecified atom stereocenters. The molecule has 1 aromatic carbocycles. The van der Waals surface area contributed by atoms with Crippen LogP contribution < -0.4 is 0 Å². The van der Waals surface area contributed by atoms with Crippen molar-refractivity contribution < 1.29 is 14.6 Å². The summed E-state index contributed by atoms with van der Waals surface area (Å²) in [5.41, 5.74) is 2.98. The molecule has 0 aliphatic heterocycles. The van der Waals surface area contributed by atoms with Gasteiger partial charge in [-0.15, -0.1) is 0 Å². The zero-order valence-electron chi connectivity index (χ0n) is 15.6. The van der Waals surface area contributed by atoms with Crippen LogP contribution in [0.15, 0.2) is 30.3 Å². The van der Waals surface area contributed by atoms with Crippen LogP contribution in [-0.4, -0.2) is 35.3 Å². The van der Waals surface area contributed by atoms with Gasteiger partial charge in [0.15, 0.2) is 0 Å². The van der Waals surface area contributed by atoms with Crippen LogP contribution in [0.1, 0.15) is 17.9 Å². The predicted molar refractivity (Wildman–Crippen MR) is 102 cm³/mol. The fourth-order valence-electron chi connectivity index (χ4n) is 2.67. The van der Waals surface area contributed by atoms with Crippen molar-refractivity contribution in [1.29, 1.82) is 0 Å². The molecule has 1 aromatic heterocycles. The SMILES string of the molecule is Cc1nc(CCC(=O)O)n(COCC[Si](C)(C)C)c1-c1ccccc1. The predicted octanol–water partition coefficient (Wildman–Crippen LogP) is 4.19. The average molecular weight is 361 g/mol. The van der Waals surface area contributed by atoms with E-state index in [1.807, 2.05) is 41.8 Å². The number of aromatic nitrogens is 2. The van der Waals surface area contributed by atoms with Crippen LogP contribution in [-0.2, 0) is 22.7 Å². The molecule has 2 rings (SSSR count). The number of hydrogen-bond acceptors (Lipinski definition) is 3. The number of ether oxygens (including phenoxy) is 1. The van der Waals surface area contributed by atoms with Gasteiger partial charge in [-0.05, 0) is 13.0 Å². The number of carboxylic acids is 1. The van der Waals surface area contributed by atoms with Crippen molar-refractivity contribution >= 4 is 14.0 Å². The second kappa shape index (κ2) is 8.45. The standard InChI is InChI=1S/C19H28N2O3Si/c1-15-19(16-8-6-5-7-9-16)21(14-24-12-13-25(2,3)4)17(20-15)10-11-18(22)23/h5-9H,10-14H2,1-4H3,(H,22,23). The summed E-state index contributed by atoms with van der Waals surface area (Å²) in [6.07, 6.45) is 0.472. The van der Waals surface area contributed by atoms with Crippen molar-refractivity contribution in [3.8, 4) is 11.3 Å². The Bertz CT molecular complexity index is 705. The Kier molecular flexibility index (Phi) is 6.55. The van der Waals surface area contributed by atoms with Crippen LogP contribution >= 0.6 is 0 Å². The molecule has 6 heteroatoms. The average Bonchev–Trinajstić information content (AvgIpc) is 2.85. The maximum atomic E-state index is 11.0. The number of aliphatic carboxylic acids is 1. The molecule has 0 spiro atoms. The number of carbonyl (C=O) groups is 1. The van der Waals surface area contributed by atoms with Crippen LogP contribution in [0.25, 0.3) is 11.3 Å². The molecule has 1 heterocycles. The highest BCUT2D eigenvalue weighted by atomic mass is 28.3. The zero-order valence-corrected chi connectivity index (χ0v) is 16.6. The first-order chi connectivity index (χ1) is 11.8. The van der Waals surface area contributed by atoms with Gasteiger partial charge in [-0.2, -0.15) is 0 Å². The van der Waals surface area contributed by atoms with Gasteiger partial charge in [0, 0.05) is 26.7 Å². The number of hydrogen-bond donors (Lipinski definition) is 1. The molecule has 5 nitrogen and oxygen atoms in total. The third kappa shape index (κ3) is 5.83. The van der Waals surface area contributed by atoms with E-state index in [9.17, 15) is 4.79 Å². The Morgan fingerprint density at radius 3 is 2.52 bits per heavy atom. The van der Waals surface area contributed by atoms with Gasteiger partial charge in [-0.1, -0.05) is 50.0 Å². The molecule has 0 aliphatic carbocycles. The normalized spacial score (nSPS) is 11.7. The lowest BCUT2D eigenvalue weighted by Gasteiger charge is -2.17. The zero-order chi connectivity index (χ0) is 18.4. The van der Waals surface area contributed by atoms with E-state index in [0.29, 0.717) is 13.2 Å². The first kappa shape index (κ1) is 19.4. The van der Waals surface area contributed by atoms with Crippen molar-refractivity contribution in [1.82, 2.24) is 9.55 Å². The molecule has 1 N–H and O–H groups in total. The number of imidazole rings is 1. The van der Waals surface area contributed by atoms with E-state index in [4.69, 9.17) is 9.84 Å². The molecule has 0 radical (unpaired) electrons. The van der Waals surface area contributed by atoms with E-state index in [1.165, 1.54) is 0 Å². The third-order valence-corrected chi connectivity index (χ3v) is 5.75. The van der Waals surface area contributed by atoms with Crippen LogP contribution in [0.4, 0.5) is 0 Å². The van der Waals surface area contributed by atoms with Gasteiger partial charge >= 0.3 is 5.97 Å². The molecule has 0 saturated heterocycles. The molecule has 0 aliphatic rings. The van der Waals surface area contributed by atoms with Crippen LogP contribution in [0, 0.1) is 6.92 Å². The Morgan fingerprint density at radius 2 is 1.92 bits per heavy atom. The summed E-state index contributed by atoms with van der Waals surface area (Å²) in [7, 11) is -1.14. The molecule has 136 valence electrons. The van der Waals surface area contributed by atoms with Crippen LogP contribution in [0.2, 0.25) is 25.7 Å². The lowest BCUT2D eigenvalue weighted by atomic mass is 10.1. The summed E-state index contributed by atoms with van der Waals surface area (Å²) in [5.74, 6) is -0.0418. The molecule has 0 bridgehead atoms. The minimum atomic E-state index is -1.14. The van der Waals surface area contributed by atoms with Crippen LogP contribution in [0.3, 0.4) is 0 Å². The molecule has 0 atom stereocenters. The summed E-state index contributed by atoms with van der Waals surface area (Å²) in [6, 6.07) is 11.2. The fourth-order valence-corrected chi connectivity index (χ4v) is 3.43. The number of nitrogens with zero attached hydrogens (tertiary/aromatic N) is 2. The topological polar surface area (TPSA) is 64.3 Å². The van der Waals surface area contributed by atoms with Gasteiger partial charge < -0.3 is 14.4 Å². The van der Waals surface area contributed by atoms with E-state index >= 15 is 0 Å². The summed E-state index contributed by atoms with van der Waals surface area (Å²) >= 11 is 0. The molecule has 0 fully saturated rings. The van der Waals surface area contributed by atoms with Crippen LogP contribution in [0.5, 0.6) is 0 Å². The summed E-state index contributed by atoms with van der Waals surface area (Å²) in [5, 5.41) is 9.00. The minimum Gasteiger partial charge on any atom is -0.481 e. The van der Waals surface area contributed by atoms with Gasteiger partial charge in [0.25, 0.3) is 0 Å². The van der Waals surface area contributed by atoms with Gasteiger partial charge in [0.2, 0.25) is 0 Å². The van der Waals surface area contributed by atoms with Crippen molar-refractivity contribution in [2.75, 3.05) is 6.61 Å². The van der Waals surface area contributed by atoms with E-state index in [0.717, 1.165) is 35.4 Å². The maximum Gasteiger partial charge on any atom is 0.303 e. The minimum absolute atomic E-state index is 0.0690. The Hall–Kier alpha value is -1.92. The summed E-state index contributed by atoms with van der Waals surface area (Å²) in [6.45, 7) is 10.1. The highest BCUT2D eigenvalue weighted by molar-refractivity contribution is 6.76. The van der Waals surface area contributed by atoms with E-state index in [2.05, 4.69) is 24.6 Å². The van der Waals surface area contributed by atoms with E-state index in [1.54, 1.807) is 0 Å². The van der Waals surface area contributed by atoms with Crippen molar-refractivity contribution in [2.24, 2.45) is 0 Å². The van der Waals surface area contributed by atoms with Gasteiger partial charge in [-0.25, -0.2) is 4.98 Å². The van der Waals surface area contributed by atoms with Crippen molar-refractivity contribution in [3.05, 3.63) is 41.9 Å². The molecule has 0 saturated carbocycles. The largest absolute Gasteiger partial charge is 0.481 e. The Balaban J connectivity index is 2.24. The monoisotopic (exact) mass is 360 g/mol. The number of benzene rings is 1. The second-order valence-electron chi connectivity index (χ2n) is 7.50. The lowest BCUT2D eigenvalue weighted by Crippen LogP contribution is -2.22. The van der Waals surface area contributed by atoms with Crippen molar-refractivity contribution in [3.63, 3.8) is 0 Å². The van der Waals surface area contributed by atoms with Gasteiger partial charge in [0.05, 0.1) is 17.8 Å². The fraction of sp³-hybridized carbons (Fsp3) is 0.474. The van der Waals surface area contributed by atoms with Crippen molar-refractivity contribution in [2.45, 2.75) is 52.2 Å². The highest BCUT2D eigenvalue weighted by Gasteiger charge is 2.17. The molecule has 0 amide bonds. The van der Waals surface area contributed by atoms with Gasteiger partial charge in [-0.3, -0.25) is 4.79 Å². The molecular weight excluding hydrogens is 332 g/mol. The summed E-state index contributed by atoms with van der Waals surface area (Å²) < 4.78 is 7.95. The second-order valence-corrected chi connectivity index (χ2v) is 13.1. The first-order valence-electron chi connectivity index (χ1n) is 8.69. The highest BCUT2D eigenvalue weighted by Crippen LogP contribution is 2.25. The van der Waals surface area contributed by atoms with E-state index < -0.39 is 14.0 Å².